The fraction of sp³-hybridized carbons (Fsp3) is 0. The third-order valence-corrected chi connectivity index (χ3v) is 2.62. The number of hydrogen-bond acceptors (Lipinski definition) is 7. The van der Waals surface area contributed by atoms with Gasteiger partial charge in [0.15, 0.2) is 5.13 Å². The Labute approximate surface area is 86.8 Å². The number of carbonyl (C=O) groups excluding carboxylic acids is 1. The van der Waals surface area contributed by atoms with E-state index in [9.17, 15) is 4.79 Å². The van der Waals surface area contributed by atoms with Crippen molar-refractivity contribution in [3.8, 4) is 0 Å². The molecule has 72 valence electrons. The summed E-state index contributed by atoms with van der Waals surface area (Å²) in [6.45, 7) is 0. The number of rotatable bonds is 2. The number of carbonyl (C=O) groups is 1. The fourth-order valence-electron chi connectivity index (χ4n) is 0.781. The van der Waals surface area contributed by atoms with Crippen LogP contribution in [0.15, 0.2) is 10.9 Å². The Bertz CT molecular complexity index is 437. The summed E-state index contributed by atoms with van der Waals surface area (Å²) < 4.78 is 0. The average Bonchev–Trinajstić information content (AvgIpc) is 2.75. The van der Waals surface area contributed by atoms with Crippen LogP contribution < -0.4 is 11.1 Å². The summed E-state index contributed by atoms with van der Waals surface area (Å²) in [7, 11) is 0. The van der Waals surface area contributed by atoms with Gasteiger partial charge in [-0.2, -0.15) is 0 Å². The largest absolute Gasteiger partial charge is 0.375 e. The highest BCUT2D eigenvalue weighted by Gasteiger charge is 2.10. The molecular weight excluding hydrogens is 222 g/mol. The van der Waals surface area contributed by atoms with Gasteiger partial charge in [-0.3, -0.25) is 10.1 Å². The van der Waals surface area contributed by atoms with Gasteiger partial charge in [-0.25, -0.2) is 4.98 Å². The van der Waals surface area contributed by atoms with Gasteiger partial charge in [0, 0.05) is 5.38 Å². The van der Waals surface area contributed by atoms with E-state index < -0.39 is 0 Å². The van der Waals surface area contributed by atoms with Gasteiger partial charge in [0.2, 0.25) is 5.13 Å². The third-order valence-electron chi connectivity index (χ3n) is 1.34. The predicted octanol–water partition coefficient (Wildman–Crippen LogP) is 0.829. The van der Waals surface area contributed by atoms with Crippen LogP contribution in [-0.2, 0) is 0 Å². The monoisotopic (exact) mass is 227 g/mol. The molecule has 1 amide bonds. The van der Waals surface area contributed by atoms with Crippen LogP contribution in [0.3, 0.4) is 0 Å². The van der Waals surface area contributed by atoms with Crippen molar-refractivity contribution >= 4 is 38.8 Å². The molecule has 6 nitrogen and oxygen atoms in total. The van der Waals surface area contributed by atoms with Crippen LogP contribution in [0.2, 0.25) is 0 Å². The highest BCUT2D eigenvalue weighted by molar-refractivity contribution is 7.14. The first-order valence-corrected chi connectivity index (χ1v) is 5.30. The quantitative estimate of drug-likeness (QED) is 0.792. The van der Waals surface area contributed by atoms with E-state index >= 15 is 0 Å². The number of nitrogens with one attached hydrogen (secondary N) is 1. The molecule has 0 atom stereocenters. The van der Waals surface area contributed by atoms with Crippen LogP contribution in [-0.4, -0.2) is 21.1 Å². The molecule has 2 heterocycles. The lowest BCUT2D eigenvalue weighted by Crippen LogP contribution is -2.12. The van der Waals surface area contributed by atoms with Crippen molar-refractivity contribution in [2.75, 3.05) is 11.1 Å². The molecular formula is C6H5N5OS2. The van der Waals surface area contributed by atoms with Crippen molar-refractivity contribution in [1.82, 2.24) is 15.2 Å². The molecule has 0 bridgehead atoms. The molecule has 0 aliphatic heterocycles. The molecule has 8 heteroatoms. The van der Waals surface area contributed by atoms with E-state index in [4.69, 9.17) is 5.73 Å². The van der Waals surface area contributed by atoms with Gasteiger partial charge >= 0.3 is 0 Å². The minimum absolute atomic E-state index is 0.294. The second-order valence-electron chi connectivity index (χ2n) is 2.27. The first-order chi connectivity index (χ1) is 6.75. The standard InChI is InChI=1S/C6H5N5OS2/c7-5-9-3(1-13-5)4(12)10-6-11-8-2-14-6/h1-2H,(H2,7,9)(H,10,11,12). The van der Waals surface area contributed by atoms with Crippen molar-refractivity contribution in [2.24, 2.45) is 0 Å². The van der Waals surface area contributed by atoms with Crippen molar-refractivity contribution in [1.29, 1.82) is 0 Å². The summed E-state index contributed by atoms with van der Waals surface area (Å²) in [4.78, 5) is 15.3. The van der Waals surface area contributed by atoms with Crippen LogP contribution >= 0.6 is 22.7 Å². The molecule has 2 aromatic heterocycles. The number of anilines is 2. The van der Waals surface area contributed by atoms with Gasteiger partial charge in [0.05, 0.1) is 0 Å². The van der Waals surface area contributed by atoms with E-state index in [1.165, 1.54) is 28.2 Å². The molecule has 0 saturated carbocycles. The summed E-state index contributed by atoms with van der Waals surface area (Å²) >= 11 is 2.46. The number of hydrogen-bond donors (Lipinski definition) is 2. The van der Waals surface area contributed by atoms with Gasteiger partial charge in [-0.05, 0) is 0 Å². The van der Waals surface area contributed by atoms with Crippen molar-refractivity contribution < 1.29 is 4.79 Å². The van der Waals surface area contributed by atoms with Crippen molar-refractivity contribution in [3.63, 3.8) is 0 Å². The number of thiazole rings is 1. The van der Waals surface area contributed by atoms with Crippen molar-refractivity contribution in [3.05, 3.63) is 16.6 Å². The zero-order valence-corrected chi connectivity index (χ0v) is 8.43. The Hall–Kier alpha value is -1.54. The van der Waals surface area contributed by atoms with E-state index in [-0.39, 0.29) is 5.91 Å². The summed E-state index contributed by atoms with van der Waals surface area (Å²) in [5.74, 6) is -0.324. The summed E-state index contributed by atoms with van der Waals surface area (Å²) in [6.07, 6.45) is 0. The first-order valence-electron chi connectivity index (χ1n) is 3.54. The maximum Gasteiger partial charge on any atom is 0.277 e. The van der Waals surface area contributed by atoms with Crippen LogP contribution in [0.5, 0.6) is 0 Å². The minimum atomic E-state index is -0.324. The lowest BCUT2D eigenvalue weighted by Gasteiger charge is -1.95. The van der Waals surface area contributed by atoms with Gasteiger partial charge < -0.3 is 5.73 Å². The van der Waals surface area contributed by atoms with Gasteiger partial charge in [-0.15, -0.1) is 21.5 Å². The molecule has 0 aliphatic rings. The lowest BCUT2D eigenvalue weighted by atomic mass is 10.5. The SMILES string of the molecule is Nc1nc(C(=O)Nc2nncs2)cs1. The molecule has 14 heavy (non-hydrogen) atoms. The zero-order chi connectivity index (χ0) is 9.97. The zero-order valence-electron chi connectivity index (χ0n) is 6.80. The highest BCUT2D eigenvalue weighted by Crippen LogP contribution is 2.14. The highest BCUT2D eigenvalue weighted by atomic mass is 32.1. The average molecular weight is 227 g/mol. The molecule has 0 radical (unpaired) electrons. The van der Waals surface area contributed by atoms with Crippen LogP contribution in [0.25, 0.3) is 0 Å². The molecule has 0 fully saturated rings. The number of nitrogen functional groups attached to an aromatic ring is 1. The Morgan fingerprint density at radius 3 is 2.93 bits per heavy atom. The van der Waals surface area contributed by atoms with Gasteiger partial charge in [0.1, 0.15) is 11.2 Å². The molecule has 3 N–H and O–H groups in total. The van der Waals surface area contributed by atoms with E-state index in [0.717, 1.165) is 0 Å². The molecule has 0 aromatic carbocycles. The lowest BCUT2D eigenvalue weighted by molar-refractivity contribution is 0.102. The molecule has 2 rings (SSSR count). The summed E-state index contributed by atoms with van der Waals surface area (Å²) in [6, 6.07) is 0. The summed E-state index contributed by atoms with van der Waals surface area (Å²) in [5, 5.41) is 12.2. The Morgan fingerprint density at radius 2 is 2.36 bits per heavy atom. The van der Waals surface area contributed by atoms with E-state index in [2.05, 4.69) is 20.5 Å². The maximum atomic E-state index is 11.4. The van der Waals surface area contributed by atoms with E-state index in [1.807, 2.05) is 0 Å². The van der Waals surface area contributed by atoms with Gasteiger partial charge in [-0.1, -0.05) is 11.3 Å². The van der Waals surface area contributed by atoms with E-state index in [1.54, 1.807) is 5.38 Å². The second kappa shape index (κ2) is 3.68. The van der Waals surface area contributed by atoms with Crippen molar-refractivity contribution in [2.45, 2.75) is 0 Å². The predicted molar refractivity (Wildman–Crippen MR) is 54.4 cm³/mol. The Kier molecular flexibility index (Phi) is 2.37. The number of nitrogens with two attached hydrogens (primary N) is 1. The van der Waals surface area contributed by atoms with Crippen LogP contribution in [0.1, 0.15) is 10.5 Å². The Morgan fingerprint density at radius 1 is 1.50 bits per heavy atom. The van der Waals surface area contributed by atoms with Crippen LogP contribution in [0, 0.1) is 0 Å². The summed E-state index contributed by atoms with van der Waals surface area (Å²) in [5.41, 5.74) is 7.22. The molecule has 0 spiro atoms. The molecule has 0 unspecified atom stereocenters. The normalized spacial score (nSPS) is 10.0. The number of amides is 1. The maximum absolute atomic E-state index is 11.4. The van der Waals surface area contributed by atoms with Gasteiger partial charge in [0.25, 0.3) is 5.91 Å². The Balaban J connectivity index is 2.10. The fourth-order valence-corrected chi connectivity index (χ4v) is 1.76. The molecule has 0 saturated heterocycles. The molecule has 2 aromatic rings. The molecule has 0 aliphatic carbocycles. The second-order valence-corrected chi connectivity index (χ2v) is 3.99. The topological polar surface area (TPSA) is 93.8 Å². The third kappa shape index (κ3) is 1.86. The minimum Gasteiger partial charge on any atom is -0.375 e. The van der Waals surface area contributed by atoms with E-state index in [0.29, 0.717) is 16.0 Å². The van der Waals surface area contributed by atoms with Crippen LogP contribution in [0.4, 0.5) is 10.3 Å². The first kappa shape index (κ1) is 9.03. The number of aromatic nitrogens is 3. The number of nitrogens with zero attached hydrogens (tertiary/aromatic N) is 3. The smallest absolute Gasteiger partial charge is 0.277 e.